The van der Waals surface area contributed by atoms with E-state index in [2.05, 4.69) is 186 Å². The van der Waals surface area contributed by atoms with Crippen LogP contribution in [0.15, 0.2) is 175 Å². The Balaban J connectivity index is 0.964. The lowest BCUT2D eigenvalue weighted by Crippen LogP contribution is -2.33. The number of benzene rings is 7. The molecule has 4 heteroatoms. The molecule has 4 aliphatic rings. The fraction of sp³-hybridized carbons (Fsp3) is 0.115. The highest BCUT2D eigenvalue weighted by molar-refractivity contribution is 6.01. The minimum Gasteiger partial charge on any atom is -0.454 e. The summed E-state index contributed by atoms with van der Waals surface area (Å²) >= 11 is 0. The monoisotopic (exact) mass is 724 g/mol. The number of para-hydroxylation sites is 2. The average Bonchev–Trinajstić information content (AvgIpc) is 3.26. The Bertz CT molecular complexity index is 2800. The van der Waals surface area contributed by atoms with Crippen LogP contribution in [0.25, 0.3) is 33.7 Å². The first kappa shape index (κ1) is 32.6. The van der Waals surface area contributed by atoms with Gasteiger partial charge >= 0.3 is 0 Å². The second-order valence-corrected chi connectivity index (χ2v) is 15.0. The largest absolute Gasteiger partial charge is 0.454 e. The zero-order chi connectivity index (χ0) is 37.0. The first-order valence-corrected chi connectivity index (χ1v) is 19.8. The van der Waals surface area contributed by atoms with Crippen molar-refractivity contribution >= 4 is 62.1 Å². The maximum absolute atomic E-state index is 6.80. The second kappa shape index (κ2) is 13.5. The van der Waals surface area contributed by atoms with Crippen molar-refractivity contribution in [2.45, 2.75) is 38.1 Å². The van der Waals surface area contributed by atoms with Crippen LogP contribution >= 0.6 is 0 Å². The summed E-state index contributed by atoms with van der Waals surface area (Å²) in [5.41, 5.74) is 11.1. The van der Waals surface area contributed by atoms with Gasteiger partial charge in [-0.3, -0.25) is 0 Å². The predicted octanol–water partition coefficient (Wildman–Crippen LogP) is 13.5. The molecule has 0 saturated carbocycles. The molecule has 1 unspecified atom stereocenters. The van der Waals surface area contributed by atoms with Crippen LogP contribution in [0.3, 0.4) is 0 Å². The summed E-state index contributed by atoms with van der Waals surface area (Å²) in [7, 11) is 0. The van der Waals surface area contributed by atoms with Gasteiger partial charge in [0.1, 0.15) is 5.76 Å². The maximum Gasteiger partial charge on any atom is 0.172 e. The standard InChI is InChI=1S/C52H40N2O2/c1-3-17-37(18-4-1)53(47-31-35-15-7-9-21-41(35)43-23-11-13-25-45(43)47)39-27-29-49-51(33-39)55-50-30-28-40(34-52(50)56-49)54(38-19-5-2-6-20-38)48-32-36-16-8-10-22-42(36)44-24-12-14-26-46(44)48/h1-9,11-12,14-21,23-24,26-33,40H,10,13,22,25,34H2. The van der Waals surface area contributed by atoms with Crippen LogP contribution in [0.5, 0.6) is 11.5 Å². The van der Waals surface area contributed by atoms with Crippen LogP contribution in [-0.4, -0.2) is 6.04 Å². The second-order valence-electron chi connectivity index (χ2n) is 15.0. The molecular formula is C52H40N2O2. The van der Waals surface area contributed by atoms with Crippen LogP contribution in [0.1, 0.15) is 41.5 Å². The van der Waals surface area contributed by atoms with Gasteiger partial charge in [0.2, 0.25) is 0 Å². The summed E-state index contributed by atoms with van der Waals surface area (Å²) in [6.07, 6.45) is 18.4. The van der Waals surface area contributed by atoms with Crippen molar-refractivity contribution < 1.29 is 9.47 Å². The molecule has 1 heterocycles. The smallest absolute Gasteiger partial charge is 0.172 e. The first-order valence-electron chi connectivity index (χ1n) is 19.8. The fourth-order valence-electron chi connectivity index (χ4n) is 9.15. The van der Waals surface area contributed by atoms with Gasteiger partial charge in [0.05, 0.1) is 23.1 Å². The Morgan fingerprint density at radius 1 is 0.518 bits per heavy atom. The molecule has 0 saturated heterocycles. The predicted molar refractivity (Wildman–Crippen MR) is 232 cm³/mol. The van der Waals surface area contributed by atoms with Gasteiger partial charge in [0.25, 0.3) is 0 Å². The van der Waals surface area contributed by atoms with Crippen LogP contribution in [-0.2, 0) is 12.8 Å². The van der Waals surface area contributed by atoms with Gasteiger partial charge in [-0.15, -0.1) is 0 Å². The molecule has 11 rings (SSSR count). The quantitative estimate of drug-likeness (QED) is 0.170. The van der Waals surface area contributed by atoms with Gasteiger partial charge in [0.15, 0.2) is 17.3 Å². The molecule has 0 amide bonds. The summed E-state index contributed by atoms with van der Waals surface area (Å²) in [6, 6.07) is 50.1. The number of hydrogen-bond donors (Lipinski definition) is 0. The molecular weight excluding hydrogens is 685 g/mol. The van der Waals surface area contributed by atoms with E-state index in [1.165, 1.54) is 55.2 Å². The van der Waals surface area contributed by atoms with E-state index in [9.17, 15) is 0 Å². The van der Waals surface area contributed by atoms with E-state index in [-0.39, 0.29) is 6.04 Å². The number of rotatable bonds is 6. The van der Waals surface area contributed by atoms with Crippen molar-refractivity contribution in [3.63, 3.8) is 0 Å². The minimum atomic E-state index is 0.0105. The van der Waals surface area contributed by atoms with E-state index >= 15 is 0 Å². The number of aryl methyl sites for hydroxylation is 1. The van der Waals surface area contributed by atoms with Crippen molar-refractivity contribution in [1.82, 2.24) is 0 Å². The Morgan fingerprint density at radius 3 is 2.07 bits per heavy atom. The molecule has 0 radical (unpaired) electrons. The van der Waals surface area contributed by atoms with Crippen molar-refractivity contribution in [2.24, 2.45) is 0 Å². The molecule has 7 aromatic carbocycles. The van der Waals surface area contributed by atoms with E-state index in [0.29, 0.717) is 12.2 Å². The molecule has 270 valence electrons. The van der Waals surface area contributed by atoms with Gasteiger partial charge in [-0.25, -0.2) is 0 Å². The molecule has 56 heavy (non-hydrogen) atoms. The van der Waals surface area contributed by atoms with E-state index in [4.69, 9.17) is 9.47 Å². The average molecular weight is 725 g/mol. The van der Waals surface area contributed by atoms with E-state index in [1.54, 1.807) is 0 Å². The van der Waals surface area contributed by atoms with Crippen molar-refractivity contribution in [2.75, 3.05) is 9.80 Å². The number of ether oxygens (including phenoxy) is 2. The molecule has 0 aromatic heterocycles. The Labute approximate surface area is 327 Å². The Morgan fingerprint density at radius 2 is 1.23 bits per heavy atom. The topological polar surface area (TPSA) is 24.9 Å². The molecule has 3 aliphatic carbocycles. The number of anilines is 5. The third-order valence-corrected chi connectivity index (χ3v) is 11.7. The number of allylic oxidation sites excluding steroid dienone is 3. The summed E-state index contributed by atoms with van der Waals surface area (Å²) in [6.45, 7) is 0. The van der Waals surface area contributed by atoms with E-state index in [1.807, 2.05) is 0 Å². The fourth-order valence-corrected chi connectivity index (χ4v) is 9.15. The highest BCUT2D eigenvalue weighted by Crippen LogP contribution is 2.48. The Hall–Kier alpha value is -6.78. The van der Waals surface area contributed by atoms with Gasteiger partial charge in [-0.2, -0.15) is 0 Å². The van der Waals surface area contributed by atoms with E-state index < -0.39 is 0 Å². The van der Waals surface area contributed by atoms with Crippen LogP contribution < -0.4 is 19.3 Å². The van der Waals surface area contributed by atoms with Crippen LogP contribution in [0, 0.1) is 0 Å². The van der Waals surface area contributed by atoms with Gasteiger partial charge in [0, 0.05) is 29.2 Å². The first-order chi connectivity index (χ1) is 27.8. The molecule has 0 spiro atoms. The number of hydrogen-bond acceptors (Lipinski definition) is 4. The normalized spacial score (nSPS) is 16.4. The molecule has 0 N–H and O–H groups in total. The summed E-state index contributed by atoms with van der Waals surface area (Å²) in [5, 5.41) is 5.12. The zero-order valence-electron chi connectivity index (χ0n) is 31.1. The van der Waals surface area contributed by atoms with Crippen LogP contribution in [0.2, 0.25) is 0 Å². The SMILES string of the molecule is C1=Cc2c(c(N(c3ccccc3)c3ccc4c(c3)OC3=C(CC(N(c5ccccc5)c5cc6c(c7ccccc57)CCC=C6)C=C3)O4)cc3ccccc23)CC1. The number of fused-ring (bicyclic) bond motifs is 7. The van der Waals surface area contributed by atoms with Gasteiger partial charge in [-0.1, -0.05) is 115 Å². The van der Waals surface area contributed by atoms with Crippen molar-refractivity contribution in [1.29, 1.82) is 0 Å². The minimum absolute atomic E-state index is 0.0105. The third kappa shape index (κ3) is 5.52. The van der Waals surface area contributed by atoms with Crippen molar-refractivity contribution in [3.05, 3.63) is 198 Å². The maximum atomic E-state index is 6.80. The molecule has 7 aromatic rings. The van der Waals surface area contributed by atoms with Gasteiger partial charge < -0.3 is 19.3 Å². The molecule has 0 bridgehead atoms. The lowest BCUT2D eigenvalue weighted by molar-refractivity contribution is 0.286. The third-order valence-electron chi connectivity index (χ3n) is 11.7. The summed E-state index contributed by atoms with van der Waals surface area (Å²) in [4.78, 5) is 4.85. The lowest BCUT2D eigenvalue weighted by atomic mass is 9.89. The van der Waals surface area contributed by atoms with Crippen molar-refractivity contribution in [3.8, 4) is 11.5 Å². The molecule has 0 fully saturated rings. The number of nitrogens with zero attached hydrogens (tertiary/aromatic N) is 2. The van der Waals surface area contributed by atoms with E-state index in [0.717, 1.165) is 60.0 Å². The van der Waals surface area contributed by atoms with Gasteiger partial charge in [-0.05, 0) is 119 Å². The molecule has 4 nitrogen and oxygen atoms in total. The Kier molecular flexibility index (Phi) is 7.87. The highest BCUT2D eigenvalue weighted by Gasteiger charge is 2.32. The zero-order valence-corrected chi connectivity index (χ0v) is 31.1. The van der Waals surface area contributed by atoms with Crippen LogP contribution in [0.4, 0.5) is 28.4 Å². The molecule has 1 atom stereocenters. The highest BCUT2D eigenvalue weighted by atomic mass is 16.6. The summed E-state index contributed by atoms with van der Waals surface area (Å²) < 4.78 is 13.6. The lowest BCUT2D eigenvalue weighted by Gasteiger charge is -2.37. The molecule has 1 aliphatic heterocycles. The summed E-state index contributed by atoms with van der Waals surface area (Å²) in [5.74, 6) is 3.05.